The lowest BCUT2D eigenvalue weighted by atomic mass is 9.86. The van der Waals surface area contributed by atoms with Crippen LogP contribution < -0.4 is 5.32 Å². The SMILES string of the molecule is O=C(CCc1nc(-c2ccncc2)no1)NCCC1CC2CCC1C2. The molecular formula is C19H24N4O2. The second kappa shape index (κ2) is 7.33. The lowest BCUT2D eigenvalue weighted by molar-refractivity contribution is -0.121. The van der Waals surface area contributed by atoms with Gasteiger partial charge in [0.15, 0.2) is 0 Å². The summed E-state index contributed by atoms with van der Waals surface area (Å²) in [4.78, 5) is 20.3. The molecule has 0 spiro atoms. The van der Waals surface area contributed by atoms with Crippen molar-refractivity contribution in [3.8, 4) is 11.4 Å². The lowest BCUT2D eigenvalue weighted by Crippen LogP contribution is -2.27. The van der Waals surface area contributed by atoms with Gasteiger partial charge in [-0.1, -0.05) is 11.6 Å². The molecule has 2 aromatic heterocycles. The summed E-state index contributed by atoms with van der Waals surface area (Å²) >= 11 is 0. The third-order valence-electron chi connectivity index (χ3n) is 5.69. The first-order valence-electron chi connectivity index (χ1n) is 9.27. The minimum Gasteiger partial charge on any atom is -0.356 e. The van der Waals surface area contributed by atoms with Crippen molar-refractivity contribution in [2.75, 3.05) is 6.54 Å². The Kier molecular flexibility index (Phi) is 4.76. The first-order chi connectivity index (χ1) is 12.3. The highest BCUT2D eigenvalue weighted by molar-refractivity contribution is 5.75. The van der Waals surface area contributed by atoms with Gasteiger partial charge in [0.2, 0.25) is 17.6 Å². The monoisotopic (exact) mass is 340 g/mol. The Morgan fingerprint density at radius 3 is 2.88 bits per heavy atom. The fourth-order valence-corrected chi connectivity index (χ4v) is 4.41. The second-order valence-electron chi connectivity index (χ2n) is 7.32. The second-order valence-corrected chi connectivity index (χ2v) is 7.32. The van der Waals surface area contributed by atoms with Gasteiger partial charge in [0, 0.05) is 37.3 Å². The zero-order valence-electron chi connectivity index (χ0n) is 14.4. The Morgan fingerprint density at radius 1 is 1.24 bits per heavy atom. The summed E-state index contributed by atoms with van der Waals surface area (Å²) < 4.78 is 5.23. The molecule has 1 amide bonds. The first-order valence-corrected chi connectivity index (χ1v) is 9.27. The first kappa shape index (κ1) is 16.2. The molecule has 0 saturated heterocycles. The van der Waals surface area contributed by atoms with Crippen LogP contribution in [0.3, 0.4) is 0 Å². The number of pyridine rings is 1. The van der Waals surface area contributed by atoms with Crippen LogP contribution in [-0.2, 0) is 11.2 Å². The van der Waals surface area contributed by atoms with E-state index in [1.807, 2.05) is 12.1 Å². The zero-order valence-corrected chi connectivity index (χ0v) is 14.4. The van der Waals surface area contributed by atoms with E-state index in [4.69, 9.17) is 4.52 Å². The molecule has 2 aliphatic carbocycles. The molecule has 0 radical (unpaired) electrons. The van der Waals surface area contributed by atoms with Crippen molar-refractivity contribution in [1.82, 2.24) is 20.4 Å². The van der Waals surface area contributed by atoms with E-state index < -0.39 is 0 Å². The maximum atomic E-state index is 12.0. The Bertz CT molecular complexity index is 715. The summed E-state index contributed by atoms with van der Waals surface area (Å²) in [6, 6.07) is 3.66. The molecule has 2 bridgehead atoms. The van der Waals surface area contributed by atoms with Gasteiger partial charge < -0.3 is 9.84 Å². The number of carbonyl (C=O) groups excluding carboxylic acids is 1. The minimum atomic E-state index is 0.0619. The molecule has 2 fully saturated rings. The van der Waals surface area contributed by atoms with Gasteiger partial charge >= 0.3 is 0 Å². The van der Waals surface area contributed by atoms with E-state index in [0.717, 1.165) is 36.3 Å². The Balaban J connectivity index is 1.18. The topological polar surface area (TPSA) is 80.9 Å². The van der Waals surface area contributed by atoms with Crippen molar-refractivity contribution in [3.63, 3.8) is 0 Å². The normalized spacial score (nSPS) is 24.6. The Morgan fingerprint density at radius 2 is 2.12 bits per heavy atom. The van der Waals surface area contributed by atoms with Crippen LogP contribution in [0.4, 0.5) is 0 Å². The van der Waals surface area contributed by atoms with Crippen molar-refractivity contribution >= 4 is 5.91 Å². The van der Waals surface area contributed by atoms with Crippen molar-refractivity contribution in [2.45, 2.75) is 44.9 Å². The third-order valence-corrected chi connectivity index (χ3v) is 5.69. The van der Waals surface area contributed by atoms with E-state index in [1.54, 1.807) is 12.4 Å². The molecule has 2 heterocycles. The molecule has 25 heavy (non-hydrogen) atoms. The summed E-state index contributed by atoms with van der Waals surface area (Å²) in [5, 5.41) is 7.00. The minimum absolute atomic E-state index is 0.0619. The number of aryl methyl sites for hydroxylation is 1. The van der Waals surface area contributed by atoms with Gasteiger partial charge in [-0.05, 0) is 55.6 Å². The van der Waals surface area contributed by atoms with E-state index in [0.29, 0.717) is 24.6 Å². The number of carbonyl (C=O) groups is 1. The smallest absolute Gasteiger partial charge is 0.227 e. The lowest BCUT2D eigenvalue weighted by Gasteiger charge is -2.21. The van der Waals surface area contributed by atoms with Gasteiger partial charge in [0.05, 0.1) is 0 Å². The zero-order chi connectivity index (χ0) is 17.1. The molecule has 0 aromatic carbocycles. The number of aromatic nitrogens is 3. The van der Waals surface area contributed by atoms with Crippen LogP contribution in [0.25, 0.3) is 11.4 Å². The van der Waals surface area contributed by atoms with Gasteiger partial charge in [-0.15, -0.1) is 0 Å². The quantitative estimate of drug-likeness (QED) is 0.838. The third kappa shape index (κ3) is 3.89. The van der Waals surface area contributed by atoms with Crippen molar-refractivity contribution < 1.29 is 9.32 Å². The summed E-state index contributed by atoms with van der Waals surface area (Å²) in [6.45, 7) is 0.790. The van der Waals surface area contributed by atoms with Gasteiger partial charge in [-0.2, -0.15) is 4.98 Å². The summed E-state index contributed by atoms with van der Waals surface area (Å²) in [6.07, 6.45) is 11.0. The van der Waals surface area contributed by atoms with Crippen LogP contribution in [0.2, 0.25) is 0 Å². The Hall–Kier alpha value is -2.24. The molecule has 0 aliphatic heterocycles. The van der Waals surface area contributed by atoms with Crippen LogP contribution in [0.15, 0.2) is 29.0 Å². The largest absolute Gasteiger partial charge is 0.356 e. The number of fused-ring (bicyclic) bond motifs is 2. The van der Waals surface area contributed by atoms with Gasteiger partial charge in [0.25, 0.3) is 0 Å². The van der Waals surface area contributed by atoms with Crippen molar-refractivity contribution in [2.24, 2.45) is 17.8 Å². The predicted molar refractivity (Wildman–Crippen MR) is 92.4 cm³/mol. The molecule has 6 heteroatoms. The Labute approximate surface area is 147 Å². The van der Waals surface area contributed by atoms with Gasteiger partial charge in [-0.25, -0.2) is 0 Å². The number of hydrogen-bond acceptors (Lipinski definition) is 5. The molecule has 2 saturated carbocycles. The van der Waals surface area contributed by atoms with Gasteiger partial charge in [-0.3, -0.25) is 9.78 Å². The van der Waals surface area contributed by atoms with Crippen LogP contribution >= 0.6 is 0 Å². The summed E-state index contributed by atoms with van der Waals surface area (Å²) in [5.41, 5.74) is 0.861. The standard InChI is InChI=1S/C19H24N4O2/c24-17(21-10-7-16-12-13-1-2-15(16)11-13)3-4-18-22-19(23-25-18)14-5-8-20-9-6-14/h5-6,8-9,13,15-16H,1-4,7,10-12H2,(H,21,24). The predicted octanol–water partition coefficient (Wildman–Crippen LogP) is 3.01. The molecule has 4 rings (SSSR count). The maximum absolute atomic E-state index is 12.0. The number of rotatable bonds is 7. The van der Waals surface area contributed by atoms with E-state index in [9.17, 15) is 4.79 Å². The van der Waals surface area contributed by atoms with Crippen LogP contribution in [0.1, 0.15) is 44.4 Å². The fraction of sp³-hybridized carbons (Fsp3) is 0.579. The highest BCUT2D eigenvalue weighted by atomic mass is 16.5. The number of nitrogens with one attached hydrogen (secondary N) is 1. The highest BCUT2D eigenvalue weighted by Crippen LogP contribution is 2.49. The van der Waals surface area contributed by atoms with Crippen LogP contribution in [-0.4, -0.2) is 27.6 Å². The van der Waals surface area contributed by atoms with Crippen molar-refractivity contribution in [1.29, 1.82) is 0 Å². The fourth-order valence-electron chi connectivity index (χ4n) is 4.41. The highest BCUT2D eigenvalue weighted by Gasteiger charge is 2.38. The summed E-state index contributed by atoms with van der Waals surface area (Å²) in [5.74, 6) is 3.82. The summed E-state index contributed by atoms with van der Waals surface area (Å²) in [7, 11) is 0. The molecule has 3 unspecified atom stereocenters. The molecule has 132 valence electrons. The average molecular weight is 340 g/mol. The van der Waals surface area contributed by atoms with Crippen LogP contribution in [0.5, 0.6) is 0 Å². The molecule has 2 aliphatic rings. The maximum Gasteiger partial charge on any atom is 0.227 e. The van der Waals surface area contributed by atoms with E-state index in [2.05, 4.69) is 20.4 Å². The van der Waals surface area contributed by atoms with E-state index in [1.165, 1.54) is 25.7 Å². The molecule has 3 atom stereocenters. The average Bonchev–Trinajstić information content (AvgIpc) is 3.37. The molecule has 6 nitrogen and oxygen atoms in total. The number of hydrogen-bond donors (Lipinski definition) is 1. The van der Waals surface area contributed by atoms with E-state index >= 15 is 0 Å². The number of nitrogens with zero attached hydrogens (tertiary/aromatic N) is 3. The molecule has 1 N–H and O–H groups in total. The molecule has 2 aromatic rings. The van der Waals surface area contributed by atoms with Gasteiger partial charge in [0.1, 0.15) is 0 Å². The molecular weight excluding hydrogens is 316 g/mol. The van der Waals surface area contributed by atoms with Crippen molar-refractivity contribution in [3.05, 3.63) is 30.4 Å². The number of amides is 1. The van der Waals surface area contributed by atoms with Crippen LogP contribution in [0, 0.1) is 17.8 Å². The van der Waals surface area contributed by atoms with E-state index in [-0.39, 0.29) is 5.91 Å².